The summed E-state index contributed by atoms with van der Waals surface area (Å²) in [6, 6.07) is 14.3. The quantitative estimate of drug-likeness (QED) is 0.580. The van der Waals surface area contributed by atoms with Crippen LogP contribution in [0.4, 0.5) is 10.1 Å². The average Bonchev–Trinajstić information content (AvgIpc) is 3.47. The van der Waals surface area contributed by atoms with Crippen LogP contribution in [-0.4, -0.2) is 49.2 Å². The van der Waals surface area contributed by atoms with E-state index in [1.165, 1.54) is 17.2 Å². The fourth-order valence-corrected chi connectivity index (χ4v) is 7.43. The van der Waals surface area contributed by atoms with Gasteiger partial charge in [0.2, 0.25) is 5.91 Å². The third kappa shape index (κ3) is 4.22. The second kappa shape index (κ2) is 9.31. The summed E-state index contributed by atoms with van der Waals surface area (Å²) in [5.74, 6) is 1.15. The predicted octanol–water partition coefficient (Wildman–Crippen LogP) is 3.84. The third-order valence-corrected chi connectivity index (χ3v) is 9.53. The molecule has 4 fully saturated rings. The van der Waals surface area contributed by atoms with Crippen LogP contribution < -0.4 is 16.2 Å². The minimum atomic E-state index is -0.506. The molecule has 194 valence electrons. The number of rotatable bonds is 5. The van der Waals surface area contributed by atoms with Crippen LogP contribution in [0.15, 0.2) is 48.5 Å². The number of fused-ring (bicyclic) bond motifs is 3. The smallest absolute Gasteiger partial charge is 0.235 e. The number of amides is 1. The lowest BCUT2D eigenvalue weighted by Crippen LogP contribution is -2.37. The van der Waals surface area contributed by atoms with Crippen LogP contribution in [0.1, 0.15) is 42.4 Å². The molecule has 2 aromatic rings. The summed E-state index contributed by atoms with van der Waals surface area (Å²) < 4.78 is 19.4. The van der Waals surface area contributed by atoms with Crippen molar-refractivity contribution in [3.63, 3.8) is 0 Å². The molecule has 0 radical (unpaired) electrons. The average molecular weight is 503 g/mol. The molecule has 6 atom stereocenters. The molecule has 1 amide bonds. The monoisotopic (exact) mass is 502 g/mol. The van der Waals surface area contributed by atoms with E-state index in [1.807, 2.05) is 0 Å². The van der Waals surface area contributed by atoms with Gasteiger partial charge < -0.3 is 10.1 Å². The van der Waals surface area contributed by atoms with Gasteiger partial charge in [0.1, 0.15) is 5.82 Å². The van der Waals surface area contributed by atoms with Gasteiger partial charge in [0, 0.05) is 37.4 Å². The maximum atomic E-state index is 14.0. The lowest BCUT2D eigenvalue weighted by molar-refractivity contribution is -0.118. The first-order valence-electron chi connectivity index (χ1n) is 13.8. The molecule has 3 N–H and O–H groups in total. The number of hydrogen-bond donors (Lipinski definition) is 3. The van der Waals surface area contributed by atoms with E-state index in [0.29, 0.717) is 29.8 Å². The van der Waals surface area contributed by atoms with Gasteiger partial charge in [0.15, 0.2) is 0 Å². The van der Waals surface area contributed by atoms with Gasteiger partial charge in [0.25, 0.3) is 0 Å². The molecule has 2 saturated heterocycles. The van der Waals surface area contributed by atoms with E-state index < -0.39 is 5.41 Å². The zero-order chi connectivity index (χ0) is 25.0. The maximum Gasteiger partial charge on any atom is 0.235 e. The Morgan fingerprint density at radius 2 is 1.92 bits per heavy atom. The maximum absolute atomic E-state index is 14.0. The van der Waals surface area contributed by atoms with E-state index in [2.05, 4.69) is 57.5 Å². The Balaban J connectivity index is 0.964. The lowest BCUT2D eigenvalue weighted by Gasteiger charge is -2.33. The van der Waals surface area contributed by atoms with Crippen molar-refractivity contribution in [2.45, 2.75) is 49.7 Å². The standard InChI is InChI=1S/C30H35FN4O2/c31-22-7-10-27-24(16-22)30(29(36)32-27)17-25(30)21-6-8-23-26(33-34-28(23)15-21)9-5-19-1-3-20(4-2-19)18-35-11-13-37-14-12-35/h1-5,7,9-10,16,21,23,25-26,28,33-34H,6,8,11-15,17-18H2,(H,32,36)/b9-5+/t21?,23?,25-,26?,28?,30-/m0/s1. The highest BCUT2D eigenvalue weighted by Gasteiger charge is 2.67. The van der Waals surface area contributed by atoms with Gasteiger partial charge >= 0.3 is 0 Å². The molecule has 2 aromatic carbocycles. The Morgan fingerprint density at radius 3 is 2.76 bits per heavy atom. The van der Waals surface area contributed by atoms with Crippen molar-refractivity contribution < 1.29 is 13.9 Å². The number of nitrogens with zero attached hydrogens (tertiary/aromatic N) is 1. The summed E-state index contributed by atoms with van der Waals surface area (Å²) in [6.45, 7) is 4.66. The number of benzene rings is 2. The topological polar surface area (TPSA) is 65.6 Å². The van der Waals surface area contributed by atoms with E-state index in [-0.39, 0.29) is 11.7 Å². The van der Waals surface area contributed by atoms with E-state index in [1.54, 1.807) is 12.1 Å². The molecule has 5 aliphatic rings. The Labute approximate surface area is 217 Å². The number of hydrazine groups is 1. The SMILES string of the molecule is O=C1Nc2ccc(F)cc2[C@]12C[C@H]2C1CCC2C(/C=C/c3ccc(CN4CCOCC4)cc3)NNC2C1. The molecule has 6 nitrogen and oxygen atoms in total. The number of carbonyl (C=O) groups is 1. The number of morpholine rings is 1. The van der Waals surface area contributed by atoms with Gasteiger partial charge in [0.05, 0.1) is 18.6 Å². The van der Waals surface area contributed by atoms with E-state index in [9.17, 15) is 9.18 Å². The van der Waals surface area contributed by atoms with Crippen LogP contribution in [0.5, 0.6) is 0 Å². The minimum absolute atomic E-state index is 0.0644. The molecule has 0 bridgehead atoms. The zero-order valence-corrected chi connectivity index (χ0v) is 21.1. The van der Waals surface area contributed by atoms with Crippen LogP contribution in [0.25, 0.3) is 6.08 Å². The highest BCUT2D eigenvalue weighted by molar-refractivity contribution is 6.08. The number of hydrogen-bond acceptors (Lipinski definition) is 5. The van der Waals surface area contributed by atoms with Crippen LogP contribution >= 0.6 is 0 Å². The molecule has 3 heterocycles. The van der Waals surface area contributed by atoms with E-state index >= 15 is 0 Å². The summed E-state index contributed by atoms with van der Waals surface area (Å²) in [5, 5.41) is 3.01. The highest BCUT2D eigenvalue weighted by Crippen LogP contribution is 2.65. The Hall–Kier alpha value is -2.58. The number of nitrogens with one attached hydrogen (secondary N) is 3. The van der Waals surface area contributed by atoms with E-state index in [0.717, 1.165) is 69.8 Å². The second-order valence-electron chi connectivity index (χ2n) is 11.6. The fourth-order valence-electron chi connectivity index (χ4n) is 7.43. The molecule has 2 aliphatic carbocycles. The second-order valence-corrected chi connectivity index (χ2v) is 11.6. The molecule has 37 heavy (non-hydrogen) atoms. The molecule has 1 spiro atoms. The highest BCUT2D eigenvalue weighted by atomic mass is 19.1. The molecule has 2 saturated carbocycles. The van der Waals surface area contributed by atoms with Crippen molar-refractivity contribution in [1.29, 1.82) is 0 Å². The summed E-state index contributed by atoms with van der Waals surface area (Å²) in [6.07, 6.45) is 8.69. The number of carbonyl (C=O) groups excluding carboxylic acids is 1. The first-order chi connectivity index (χ1) is 18.1. The first-order valence-corrected chi connectivity index (χ1v) is 13.8. The van der Waals surface area contributed by atoms with Crippen LogP contribution in [-0.2, 0) is 21.5 Å². The van der Waals surface area contributed by atoms with Crippen LogP contribution in [0.2, 0.25) is 0 Å². The number of halogens is 1. The molecular formula is C30H35FN4O2. The Morgan fingerprint density at radius 1 is 1.08 bits per heavy atom. The Bertz CT molecular complexity index is 1210. The van der Waals surface area contributed by atoms with Gasteiger partial charge in [-0.05, 0) is 78.3 Å². The van der Waals surface area contributed by atoms with Crippen LogP contribution in [0.3, 0.4) is 0 Å². The van der Waals surface area contributed by atoms with E-state index in [4.69, 9.17) is 4.74 Å². The van der Waals surface area contributed by atoms with Crippen molar-refractivity contribution >= 4 is 17.7 Å². The van der Waals surface area contributed by atoms with Gasteiger partial charge in [-0.25, -0.2) is 4.39 Å². The normalized spacial score (nSPS) is 35.1. The summed E-state index contributed by atoms with van der Waals surface area (Å²) in [4.78, 5) is 15.4. The van der Waals surface area contributed by atoms with Crippen molar-refractivity contribution in [3.05, 3.63) is 71.0 Å². The molecular weight excluding hydrogens is 467 g/mol. The van der Waals surface area contributed by atoms with Gasteiger partial charge in [-0.15, -0.1) is 0 Å². The minimum Gasteiger partial charge on any atom is -0.379 e. The van der Waals surface area contributed by atoms with Crippen molar-refractivity contribution in [2.24, 2.45) is 17.8 Å². The summed E-state index contributed by atoms with van der Waals surface area (Å²) in [7, 11) is 0. The van der Waals surface area contributed by atoms with Gasteiger partial charge in [-0.2, -0.15) is 0 Å². The lowest BCUT2D eigenvalue weighted by atomic mass is 9.73. The number of ether oxygens (including phenoxy) is 1. The number of anilines is 1. The van der Waals surface area contributed by atoms with Crippen molar-refractivity contribution in [2.75, 3.05) is 31.6 Å². The van der Waals surface area contributed by atoms with Gasteiger partial charge in [-0.3, -0.25) is 20.5 Å². The van der Waals surface area contributed by atoms with Crippen molar-refractivity contribution in [3.8, 4) is 0 Å². The molecule has 3 aliphatic heterocycles. The summed E-state index contributed by atoms with van der Waals surface area (Å²) >= 11 is 0. The largest absolute Gasteiger partial charge is 0.379 e. The molecule has 7 rings (SSSR count). The first kappa shape index (κ1) is 23.5. The molecule has 0 aromatic heterocycles. The molecule has 7 heteroatoms. The third-order valence-electron chi connectivity index (χ3n) is 9.53. The predicted molar refractivity (Wildman–Crippen MR) is 141 cm³/mol. The fraction of sp³-hybridized carbons (Fsp3) is 0.500. The summed E-state index contributed by atoms with van der Waals surface area (Å²) in [5.41, 5.74) is 10.8. The van der Waals surface area contributed by atoms with Crippen molar-refractivity contribution in [1.82, 2.24) is 15.8 Å². The Kier molecular flexibility index (Phi) is 5.92. The molecule has 4 unspecified atom stereocenters. The zero-order valence-electron chi connectivity index (χ0n) is 21.1. The van der Waals surface area contributed by atoms with Crippen LogP contribution in [0, 0.1) is 23.6 Å². The van der Waals surface area contributed by atoms with Gasteiger partial charge in [-0.1, -0.05) is 36.4 Å².